The van der Waals surface area contributed by atoms with Crippen molar-refractivity contribution in [1.82, 2.24) is 9.78 Å². The second-order valence-corrected chi connectivity index (χ2v) is 4.72. The van der Waals surface area contributed by atoms with E-state index in [2.05, 4.69) is 18.9 Å². The molecule has 1 amide bonds. The number of benzene rings is 1. The molecule has 0 unspecified atom stereocenters. The quantitative estimate of drug-likeness (QED) is 0.926. The van der Waals surface area contributed by atoms with E-state index in [0.717, 1.165) is 11.3 Å². The summed E-state index contributed by atoms with van der Waals surface area (Å²) >= 11 is 6.04. The summed E-state index contributed by atoms with van der Waals surface area (Å²) in [6.07, 6.45) is 1.74. The lowest BCUT2D eigenvalue weighted by molar-refractivity contribution is 0.100. The van der Waals surface area contributed by atoms with Crippen molar-refractivity contribution in [3.63, 3.8) is 0 Å². The van der Waals surface area contributed by atoms with Crippen molar-refractivity contribution in [2.24, 2.45) is 5.73 Å². The first-order valence-corrected chi connectivity index (χ1v) is 6.01. The predicted octanol–water partition coefficient (Wildman–Crippen LogP) is 2.88. The topological polar surface area (TPSA) is 60.9 Å². The Bertz CT molecular complexity index is 590. The van der Waals surface area contributed by atoms with Crippen molar-refractivity contribution in [3.8, 4) is 11.3 Å². The van der Waals surface area contributed by atoms with Gasteiger partial charge in [0.2, 0.25) is 5.91 Å². The monoisotopic (exact) mass is 263 g/mol. The van der Waals surface area contributed by atoms with E-state index in [1.165, 1.54) is 0 Å². The van der Waals surface area contributed by atoms with Crippen LogP contribution < -0.4 is 5.73 Å². The molecule has 0 aliphatic carbocycles. The summed E-state index contributed by atoms with van der Waals surface area (Å²) in [7, 11) is 0. The van der Waals surface area contributed by atoms with Crippen LogP contribution in [0.1, 0.15) is 30.2 Å². The number of carbonyl (C=O) groups is 1. The molecule has 0 aliphatic heterocycles. The smallest absolute Gasteiger partial charge is 0.250 e. The molecule has 0 aliphatic rings. The molecule has 2 aromatic rings. The van der Waals surface area contributed by atoms with Crippen molar-refractivity contribution in [2.75, 3.05) is 0 Å². The Morgan fingerprint density at radius 1 is 1.39 bits per heavy atom. The van der Waals surface area contributed by atoms with Crippen LogP contribution in [0.4, 0.5) is 0 Å². The van der Waals surface area contributed by atoms with Crippen molar-refractivity contribution < 1.29 is 4.79 Å². The molecule has 0 radical (unpaired) electrons. The number of nitrogens with two attached hydrogens (primary N) is 1. The van der Waals surface area contributed by atoms with E-state index in [1.807, 2.05) is 16.8 Å². The lowest BCUT2D eigenvalue weighted by Gasteiger charge is -2.11. The first-order valence-electron chi connectivity index (χ1n) is 5.64. The zero-order chi connectivity index (χ0) is 13.3. The van der Waals surface area contributed by atoms with Gasteiger partial charge in [-0.3, -0.25) is 9.48 Å². The van der Waals surface area contributed by atoms with E-state index in [1.54, 1.807) is 18.3 Å². The first kappa shape index (κ1) is 12.6. The molecule has 5 heteroatoms. The van der Waals surface area contributed by atoms with Crippen LogP contribution in [-0.4, -0.2) is 15.7 Å². The normalized spacial score (nSPS) is 10.9. The molecule has 4 nitrogen and oxygen atoms in total. The van der Waals surface area contributed by atoms with Gasteiger partial charge in [-0.25, -0.2) is 0 Å². The van der Waals surface area contributed by atoms with Gasteiger partial charge in [0.05, 0.1) is 16.3 Å². The van der Waals surface area contributed by atoms with Crippen LogP contribution in [0.3, 0.4) is 0 Å². The summed E-state index contributed by atoms with van der Waals surface area (Å²) < 4.78 is 1.90. The third-order valence-electron chi connectivity index (χ3n) is 2.69. The van der Waals surface area contributed by atoms with Gasteiger partial charge in [-0.15, -0.1) is 0 Å². The number of nitrogens with zero attached hydrogens (tertiary/aromatic N) is 2. The average Bonchev–Trinajstić information content (AvgIpc) is 2.77. The molecule has 2 N–H and O–H groups in total. The summed E-state index contributed by atoms with van der Waals surface area (Å²) in [6, 6.07) is 7.36. The molecule has 1 aromatic carbocycles. The number of hydrogen-bond donors (Lipinski definition) is 1. The van der Waals surface area contributed by atoms with Crippen molar-refractivity contribution in [3.05, 3.63) is 41.0 Å². The fourth-order valence-corrected chi connectivity index (χ4v) is 2.10. The Morgan fingerprint density at radius 2 is 2.11 bits per heavy atom. The Hall–Kier alpha value is -1.81. The van der Waals surface area contributed by atoms with Crippen molar-refractivity contribution in [2.45, 2.75) is 19.9 Å². The Labute approximate surface area is 110 Å². The molecule has 0 atom stereocenters. The highest BCUT2D eigenvalue weighted by Crippen LogP contribution is 2.26. The number of primary amides is 1. The maximum atomic E-state index is 11.1. The zero-order valence-electron chi connectivity index (χ0n) is 10.2. The maximum absolute atomic E-state index is 11.1. The molecule has 0 bridgehead atoms. The molecule has 0 spiro atoms. The minimum atomic E-state index is -0.524. The van der Waals surface area contributed by atoms with Crippen LogP contribution in [0, 0.1) is 0 Å². The van der Waals surface area contributed by atoms with Gasteiger partial charge in [0.25, 0.3) is 0 Å². The summed E-state index contributed by atoms with van der Waals surface area (Å²) in [6.45, 7) is 4.10. The minimum Gasteiger partial charge on any atom is -0.366 e. The lowest BCUT2D eigenvalue weighted by Crippen LogP contribution is -2.11. The molecule has 18 heavy (non-hydrogen) atoms. The molecule has 0 saturated carbocycles. The average molecular weight is 264 g/mol. The van der Waals surface area contributed by atoms with Gasteiger partial charge in [-0.2, -0.15) is 5.10 Å². The van der Waals surface area contributed by atoms with Gasteiger partial charge in [-0.1, -0.05) is 17.7 Å². The third kappa shape index (κ3) is 2.24. The fraction of sp³-hybridized carbons (Fsp3) is 0.231. The molecule has 1 heterocycles. The van der Waals surface area contributed by atoms with Gasteiger partial charge >= 0.3 is 0 Å². The highest BCUT2D eigenvalue weighted by atomic mass is 35.5. The molecule has 2 rings (SSSR count). The minimum absolute atomic E-state index is 0.254. The predicted molar refractivity (Wildman–Crippen MR) is 71.6 cm³/mol. The summed E-state index contributed by atoms with van der Waals surface area (Å²) in [5, 5.41) is 4.62. The largest absolute Gasteiger partial charge is 0.366 e. The van der Waals surface area contributed by atoms with Crippen LogP contribution >= 0.6 is 11.6 Å². The van der Waals surface area contributed by atoms with Gasteiger partial charge in [0.15, 0.2) is 0 Å². The van der Waals surface area contributed by atoms with E-state index in [0.29, 0.717) is 10.6 Å². The van der Waals surface area contributed by atoms with E-state index < -0.39 is 5.91 Å². The highest BCUT2D eigenvalue weighted by molar-refractivity contribution is 6.34. The number of halogens is 1. The second kappa shape index (κ2) is 4.82. The summed E-state index contributed by atoms with van der Waals surface area (Å²) in [5.41, 5.74) is 7.42. The standard InChI is InChI=1S/C13H14ClN3O/c1-8(2)17-12(5-6-16-17)9-3-4-10(13(15)18)11(14)7-9/h3-8H,1-2H3,(H2,15,18). The highest BCUT2D eigenvalue weighted by Gasteiger charge is 2.12. The number of hydrogen-bond acceptors (Lipinski definition) is 2. The molecule has 0 fully saturated rings. The molecule has 94 valence electrons. The van der Waals surface area contributed by atoms with Crippen molar-refractivity contribution >= 4 is 17.5 Å². The van der Waals surface area contributed by atoms with Crippen LogP contribution in [0.25, 0.3) is 11.3 Å². The zero-order valence-corrected chi connectivity index (χ0v) is 11.0. The van der Waals surface area contributed by atoms with Crippen LogP contribution in [0.15, 0.2) is 30.5 Å². The molecule has 1 aromatic heterocycles. The van der Waals surface area contributed by atoms with Crippen LogP contribution in [0.5, 0.6) is 0 Å². The SMILES string of the molecule is CC(C)n1nccc1-c1ccc(C(N)=O)c(Cl)c1. The number of rotatable bonds is 3. The van der Waals surface area contributed by atoms with Crippen LogP contribution in [0.2, 0.25) is 5.02 Å². The second-order valence-electron chi connectivity index (χ2n) is 4.31. The number of aromatic nitrogens is 2. The van der Waals surface area contributed by atoms with Gasteiger partial charge < -0.3 is 5.73 Å². The maximum Gasteiger partial charge on any atom is 0.250 e. The summed E-state index contributed by atoms with van der Waals surface area (Å²) in [4.78, 5) is 11.1. The first-order chi connectivity index (χ1) is 8.50. The van der Waals surface area contributed by atoms with Gasteiger partial charge in [0.1, 0.15) is 0 Å². The van der Waals surface area contributed by atoms with E-state index in [4.69, 9.17) is 17.3 Å². The van der Waals surface area contributed by atoms with Gasteiger partial charge in [0, 0.05) is 17.8 Å². The molecular weight excluding hydrogens is 250 g/mol. The van der Waals surface area contributed by atoms with Crippen molar-refractivity contribution in [1.29, 1.82) is 0 Å². The van der Waals surface area contributed by atoms with E-state index in [-0.39, 0.29) is 6.04 Å². The summed E-state index contributed by atoms with van der Waals surface area (Å²) in [5.74, 6) is -0.524. The molecule has 0 saturated heterocycles. The Morgan fingerprint density at radius 3 is 2.67 bits per heavy atom. The number of amides is 1. The fourth-order valence-electron chi connectivity index (χ4n) is 1.83. The molecular formula is C13H14ClN3O. The van der Waals surface area contributed by atoms with Gasteiger partial charge in [-0.05, 0) is 32.0 Å². The lowest BCUT2D eigenvalue weighted by atomic mass is 10.1. The van der Waals surface area contributed by atoms with Crippen LogP contribution in [-0.2, 0) is 0 Å². The third-order valence-corrected chi connectivity index (χ3v) is 3.00. The Kier molecular flexibility index (Phi) is 3.39. The Balaban J connectivity index is 2.49. The van der Waals surface area contributed by atoms with E-state index in [9.17, 15) is 4.79 Å². The number of carbonyl (C=O) groups excluding carboxylic acids is 1. The van der Waals surface area contributed by atoms with E-state index >= 15 is 0 Å².